The molecule has 0 aliphatic heterocycles. The first-order chi connectivity index (χ1) is 6.07. The SMILES string of the molecule is CC(=CCCN(C)CCO)C(=O)O. The Kier molecular flexibility index (Phi) is 6.18. The van der Waals surface area contributed by atoms with E-state index in [4.69, 9.17) is 10.2 Å². The highest BCUT2D eigenvalue weighted by Gasteiger charge is 1.99. The zero-order valence-corrected chi connectivity index (χ0v) is 8.16. The molecule has 0 amide bonds. The van der Waals surface area contributed by atoms with Gasteiger partial charge in [-0.15, -0.1) is 0 Å². The third kappa shape index (κ3) is 6.31. The second-order valence-electron chi connectivity index (χ2n) is 3.01. The average Bonchev–Trinajstić information content (AvgIpc) is 2.04. The minimum absolute atomic E-state index is 0.137. The molecule has 0 saturated carbocycles. The molecule has 0 aromatic carbocycles. The van der Waals surface area contributed by atoms with E-state index in [0.717, 1.165) is 6.54 Å². The second kappa shape index (κ2) is 6.62. The van der Waals surface area contributed by atoms with Crippen LogP contribution in [0, 0.1) is 0 Å². The van der Waals surface area contributed by atoms with Crippen molar-refractivity contribution in [2.75, 3.05) is 26.7 Å². The molecular weight excluding hydrogens is 170 g/mol. The van der Waals surface area contributed by atoms with E-state index >= 15 is 0 Å². The summed E-state index contributed by atoms with van der Waals surface area (Å²) in [7, 11) is 1.89. The lowest BCUT2D eigenvalue weighted by molar-refractivity contribution is -0.132. The third-order valence-electron chi connectivity index (χ3n) is 1.78. The maximum Gasteiger partial charge on any atom is 0.330 e. The first-order valence-corrected chi connectivity index (χ1v) is 4.27. The van der Waals surface area contributed by atoms with Crippen LogP contribution in [0.25, 0.3) is 0 Å². The van der Waals surface area contributed by atoms with Gasteiger partial charge < -0.3 is 15.1 Å². The van der Waals surface area contributed by atoms with Gasteiger partial charge in [0.05, 0.1) is 6.61 Å². The molecule has 0 aromatic rings. The molecule has 13 heavy (non-hydrogen) atoms. The van der Waals surface area contributed by atoms with Crippen LogP contribution in [0.1, 0.15) is 13.3 Å². The molecule has 0 aliphatic rings. The summed E-state index contributed by atoms with van der Waals surface area (Å²) in [6.45, 7) is 3.11. The summed E-state index contributed by atoms with van der Waals surface area (Å²) in [5, 5.41) is 17.1. The Hall–Kier alpha value is -0.870. The molecule has 0 bridgehead atoms. The molecule has 0 unspecified atom stereocenters. The van der Waals surface area contributed by atoms with Crippen LogP contribution in [0.4, 0.5) is 0 Å². The van der Waals surface area contributed by atoms with E-state index in [1.165, 1.54) is 0 Å². The lowest BCUT2D eigenvalue weighted by atomic mass is 10.2. The van der Waals surface area contributed by atoms with Crippen molar-refractivity contribution in [1.82, 2.24) is 4.90 Å². The van der Waals surface area contributed by atoms with Gasteiger partial charge >= 0.3 is 5.97 Å². The van der Waals surface area contributed by atoms with E-state index in [2.05, 4.69) is 0 Å². The van der Waals surface area contributed by atoms with Gasteiger partial charge in [-0.3, -0.25) is 0 Å². The van der Waals surface area contributed by atoms with Crippen LogP contribution in [-0.4, -0.2) is 47.8 Å². The number of rotatable bonds is 6. The Morgan fingerprint density at radius 3 is 2.54 bits per heavy atom. The van der Waals surface area contributed by atoms with Gasteiger partial charge in [0.1, 0.15) is 0 Å². The Bertz CT molecular complexity index is 189. The maximum atomic E-state index is 10.4. The quantitative estimate of drug-likeness (QED) is 0.588. The summed E-state index contributed by atoms with van der Waals surface area (Å²) in [6, 6.07) is 0. The molecule has 4 nitrogen and oxygen atoms in total. The predicted molar refractivity (Wildman–Crippen MR) is 50.6 cm³/mol. The van der Waals surface area contributed by atoms with E-state index in [0.29, 0.717) is 18.5 Å². The van der Waals surface area contributed by atoms with Gasteiger partial charge in [-0.2, -0.15) is 0 Å². The first kappa shape index (κ1) is 12.1. The fourth-order valence-electron chi connectivity index (χ4n) is 0.871. The van der Waals surface area contributed by atoms with Crippen LogP contribution in [0.15, 0.2) is 11.6 Å². The van der Waals surface area contributed by atoms with Gasteiger partial charge in [-0.1, -0.05) is 6.08 Å². The van der Waals surface area contributed by atoms with Crippen molar-refractivity contribution in [3.8, 4) is 0 Å². The van der Waals surface area contributed by atoms with Crippen molar-refractivity contribution in [2.45, 2.75) is 13.3 Å². The fraction of sp³-hybridized carbons (Fsp3) is 0.667. The number of carbonyl (C=O) groups is 1. The van der Waals surface area contributed by atoms with Crippen LogP contribution in [0.5, 0.6) is 0 Å². The molecule has 0 aromatic heterocycles. The topological polar surface area (TPSA) is 60.8 Å². The minimum Gasteiger partial charge on any atom is -0.478 e. The summed E-state index contributed by atoms with van der Waals surface area (Å²) in [4.78, 5) is 12.3. The van der Waals surface area contributed by atoms with E-state index in [9.17, 15) is 4.79 Å². The van der Waals surface area contributed by atoms with Crippen LogP contribution in [0.3, 0.4) is 0 Å². The van der Waals surface area contributed by atoms with Crippen molar-refractivity contribution in [3.05, 3.63) is 11.6 Å². The standard InChI is InChI=1S/C9H17NO3/c1-8(9(12)13)4-3-5-10(2)6-7-11/h4,11H,3,5-7H2,1-2H3,(H,12,13). The van der Waals surface area contributed by atoms with Crippen LogP contribution in [-0.2, 0) is 4.79 Å². The van der Waals surface area contributed by atoms with Gasteiger partial charge in [-0.25, -0.2) is 4.79 Å². The van der Waals surface area contributed by atoms with Gasteiger partial charge in [-0.05, 0) is 20.4 Å². The third-order valence-corrected chi connectivity index (χ3v) is 1.78. The average molecular weight is 187 g/mol. The van der Waals surface area contributed by atoms with E-state index < -0.39 is 5.97 Å². The number of nitrogens with zero attached hydrogens (tertiary/aromatic N) is 1. The van der Waals surface area contributed by atoms with Crippen molar-refractivity contribution >= 4 is 5.97 Å². The van der Waals surface area contributed by atoms with Gasteiger partial charge in [0, 0.05) is 18.7 Å². The fourth-order valence-corrected chi connectivity index (χ4v) is 0.871. The molecule has 0 fully saturated rings. The highest BCUT2D eigenvalue weighted by molar-refractivity contribution is 5.85. The molecule has 0 spiro atoms. The number of carboxylic acid groups (broad SMARTS) is 1. The van der Waals surface area contributed by atoms with Crippen molar-refractivity contribution in [3.63, 3.8) is 0 Å². The molecule has 4 heteroatoms. The number of aliphatic hydroxyl groups excluding tert-OH is 1. The largest absolute Gasteiger partial charge is 0.478 e. The maximum absolute atomic E-state index is 10.4. The highest BCUT2D eigenvalue weighted by atomic mass is 16.4. The summed E-state index contributed by atoms with van der Waals surface area (Å²) < 4.78 is 0. The second-order valence-corrected chi connectivity index (χ2v) is 3.01. The summed E-state index contributed by atoms with van der Waals surface area (Å²) in [5.41, 5.74) is 0.373. The molecule has 0 aliphatic carbocycles. The van der Waals surface area contributed by atoms with Crippen LogP contribution >= 0.6 is 0 Å². The molecule has 76 valence electrons. The minimum atomic E-state index is -0.871. The van der Waals surface area contributed by atoms with Crippen molar-refractivity contribution in [1.29, 1.82) is 0 Å². The lowest BCUT2D eigenvalue weighted by Crippen LogP contribution is -2.22. The van der Waals surface area contributed by atoms with Gasteiger partial charge in [0.2, 0.25) is 0 Å². The number of hydrogen-bond acceptors (Lipinski definition) is 3. The van der Waals surface area contributed by atoms with Crippen LogP contribution in [0.2, 0.25) is 0 Å². The molecule has 0 radical (unpaired) electrons. The first-order valence-electron chi connectivity index (χ1n) is 4.27. The van der Waals surface area contributed by atoms with Crippen LogP contribution < -0.4 is 0 Å². The number of likely N-dealkylation sites (N-methyl/N-ethyl adjacent to an activating group) is 1. The zero-order valence-electron chi connectivity index (χ0n) is 8.16. The number of hydrogen-bond donors (Lipinski definition) is 2. The summed E-state index contributed by atoms with van der Waals surface area (Å²) in [5.74, 6) is -0.871. The smallest absolute Gasteiger partial charge is 0.330 e. The molecule has 0 rings (SSSR count). The predicted octanol–water partition coefficient (Wildman–Crippen LogP) is 0.331. The Balaban J connectivity index is 3.65. The molecular formula is C9H17NO3. The Morgan fingerprint density at radius 2 is 2.08 bits per heavy atom. The van der Waals surface area contributed by atoms with E-state index in [-0.39, 0.29) is 6.61 Å². The Labute approximate surface area is 78.5 Å². The van der Waals surface area contributed by atoms with Crippen molar-refractivity contribution < 1.29 is 15.0 Å². The van der Waals surface area contributed by atoms with Gasteiger partial charge in [0.25, 0.3) is 0 Å². The zero-order chi connectivity index (χ0) is 10.3. The molecule has 0 heterocycles. The monoisotopic (exact) mass is 187 g/mol. The lowest BCUT2D eigenvalue weighted by Gasteiger charge is -2.12. The van der Waals surface area contributed by atoms with Gasteiger partial charge in [0.15, 0.2) is 0 Å². The summed E-state index contributed by atoms with van der Waals surface area (Å²) in [6.07, 6.45) is 2.39. The molecule has 2 N–H and O–H groups in total. The normalized spacial score (nSPS) is 12.2. The van der Waals surface area contributed by atoms with E-state index in [1.807, 2.05) is 11.9 Å². The summed E-state index contributed by atoms with van der Waals surface area (Å²) >= 11 is 0. The Morgan fingerprint density at radius 1 is 1.46 bits per heavy atom. The number of carboxylic acids is 1. The molecule has 0 saturated heterocycles. The highest BCUT2D eigenvalue weighted by Crippen LogP contribution is 1.96. The van der Waals surface area contributed by atoms with Crippen molar-refractivity contribution in [2.24, 2.45) is 0 Å². The molecule has 0 atom stereocenters. The number of aliphatic hydroxyl groups is 1. The number of aliphatic carboxylic acids is 1. The van der Waals surface area contributed by atoms with E-state index in [1.54, 1.807) is 13.0 Å².